The molecule has 0 aromatic carbocycles. The van der Waals surface area contributed by atoms with Crippen LogP contribution in [0.4, 0.5) is 5.82 Å². The van der Waals surface area contributed by atoms with Crippen LogP contribution < -0.4 is 16.0 Å². The van der Waals surface area contributed by atoms with E-state index >= 15 is 0 Å². The van der Waals surface area contributed by atoms with Crippen molar-refractivity contribution in [2.24, 2.45) is 5.84 Å². The lowest BCUT2D eigenvalue weighted by Crippen LogP contribution is -2.13. The lowest BCUT2D eigenvalue weighted by Gasteiger charge is -2.09. The third-order valence-electron chi connectivity index (χ3n) is 2.20. The zero-order valence-corrected chi connectivity index (χ0v) is 11.1. The zero-order chi connectivity index (χ0) is 13.2. The maximum absolute atomic E-state index is 5.51. The highest BCUT2D eigenvalue weighted by molar-refractivity contribution is 5.36. The number of nitrogens with zero attached hydrogens (tertiary/aromatic N) is 2. The monoisotopic (exact) mass is 254 g/mol. The molecule has 0 atom stereocenters. The summed E-state index contributed by atoms with van der Waals surface area (Å²) in [7, 11) is 0. The number of rotatable bonds is 9. The van der Waals surface area contributed by atoms with E-state index < -0.39 is 0 Å². The molecule has 0 aliphatic carbocycles. The van der Waals surface area contributed by atoms with Gasteiger partial charge < -0.3 is 14.9 Å². The van der Waals surface area contributed by atoms with E-state index in [1.807, 2.05) is 0 Å². The van der Waals surface area contributed by atoms with Gasteiger partial charge >= 0.3 is 0 Å². The maximum Gasteiger partial charge on any atom is 0.218 e. The van der Waals surface area contributed by atoms with E-state index in [1.54, 1.807) is 6.07 Å². The number of nitrogens with two attached hydrogens (primary N) is 1. The van der Waals surface area contributed by atoms with Crippen molar-refractivity contribution >= 4 is 5.82 Å². The van der Waals surface area contributed by atoms with E-state index in [4.69, 9.17) is 15.3 Å². The number of hydrogen-bond acceptors (Lipinski definition) is 6. The molecule has 1 heterocycles. The van der Waals surface area contributed by atoms with Crippen molar-refractivity contribution in [3.05, 3.63) is 11.9 Å². The first-order chi connectivity index (χ1) is 8.80. The minimum absolute atomic E-state index is 0.479. The van der Waals surface area contributed by atoms with Crippen LogP contribution in [0.25, 0.3) is 0 Å². The Morgan fingerprint density at radius 2 is 2.00 bits per heavy atom. The predicted molar refractivity (Wildman–Crippen MR) is 70.4 cm³/mol. The second kappa shape index (κ2) is 8.66. The van der Waals surface area contributed by atoms with E-state index in [9.17, 15) is 0 Å². The summed E-state index contributed by atoms with van der Waals surface area (Å²) >= 11 is 0. The second-order valence-corrected chi connectivity index (χ2v) is 3.86. The summed E-state index contributed by atoms with van der Waals surface area (Å²) in [4.78, 5) is 8.55. The summed E-state index contributed by atoms with van der Waals surface area (Å²) in [6, 6.07) is 1.68. The highest BCUT2D eigenvalue weighted by Gasteiger charge is 2.04. The highest BCUT2D eigenvalue weighted by Crippen LogP contribution is 2.13. The van der Waals surface area contributed by atoms with Crippen LogP contribution in [0.2, 0.25) is 0 Å². The Bertz CT molecular complexity index is 347. The Labute approximate surface area is 108 Å². The largest absolute Gasteiger partial charge is 0.475 e. The predicted octanol–water partition coefficient (Wildman–Crippen LogP) is 1.52. The van der Waals surface area contributed by atoms with Gasteiger partial charge in [-0.15, -0.1) is 0 Å². The molecule has 0 amide bonds. The summed E-state index contributed by atoms with van der Waals surface area (Å²) in [5.41, 5.74) is 2.51. The SMILES string of the molecule is CCCOCCOc1cc(NN)nc(CCC)n1. The molecule has 0 spiro atoms. The maximum atomic E-state index is 5.51. The van der Waals surface area contributed by atoms with Crippen LogP contribution in [0.1, 0.15) is 32.5 Å². The first-order valence-corrected chi connectivity index (χ1v) is 6.35. The molecular weight excluding hydrogens is 232 g/mol. The number of hydrazine groups is 1. The summed E-state index contributed by atoms with van der Waals surface area (Å²) in [6.45, 7) is 5.94. The lowest BCUT2D eigenvalue weighted by atomic mass is 10.3. The molecule has 0 saturated carbocycles. The third kappa shape index (κ3) is 5.29. The van der Waals surface area contributed by atoms with Crippen LogP contribution in [-0.4, -0.2) is 29.8 Å². The van der Waals surface area contributed by atoms with Gasteiger partial charge in [-0.2, -0.15) is 4.98 Å². The minimum Gasteiger partial charge on any atom is -0.475 e. The summed E-state index contributed by atoms with van der Waals surface area (Å²) < 4.78 is 10.8. The molecular formula is C12H22N4O2. The van der Waals surface area contributed by atoms with Crippen molar-refractivity contribution in [1.82, 2.24) is 9.97 Å². The minimum atomic E-state index is 0.479. The molecule has 6 nitrogen and oxygen atoms in total. The average molecular weight is 254 g/mol. The Hall–Kier alpha value is -1.40. The van der Waals surface area contributed by atoms with Gasteiger partial charge in [-0.3, -0.25) is 0 Å². The van der Waals surface area contributed by atoms with Crippen LogP contribution in [0.5, 0.6) is 5.88 Å². The molecule has 102 valence electrons. The number of aryl methyl sites for hydroxylation is 1. The van der Waals surface area contributed by atoms with Gasteiger partial charge in [-0.1, -0.05) is 13.8 Å². The van der Waals surface area contributed by atoms with Crippen molar-refractivity contribution in [2.75, 3.05) is 25.2 Å². The molecule has 0 aliphatic heterocycles. The van der Waals surface area contributed by atoms with Gasteiger partial charge in [0, 0.05) is 19.1 Å². The van der Waals surface area contributed by atoms with Gasteiger partial charge in [0.2, 0.25) is 5.88 Å². The Kier molecular flexibility index (Phi) is 7.05. The standard InChI is InChI=1S/C12H22N4O2/c1-3-5-10-14-11(16-13)9-12(15-10)18-8-7-17-6-4-2/h9H,3-8,13H2,1-2H3,(H,14,15,16). The van der Waals surface area contributed by atoms with Gasteiger partial charge in [0.25, 0.3) is 0 Å². The van der Waals surface area contributed by atoms with Gasteiger partial charge in [0.1, 0.15) is 18.2 Å². The molecule has 18 heavy (non-hydrogen) atoms. The fraction of sp³-hybridized carbons (Fsp3) is 0.667. The second-order valence-electron chi connectivity index (χ2n) is 3.86. The quantitative estimate of drug-likeness (QED) is 0.395. The smallest absolute Gasteiger partial charge is 0.218 e. The number of nitrogen functional groups attached to an aromatic ring is 1. The Morgan fingerprint density at radius 1 is 1.17 bits per heavy atom. The molecule has 3 N–H and O–H groups in total. The normalized spacial score (nSPS) is 10.4. The molecule has 0 fully saturated rings. The molecule has 6 heteroatoms. The van der Waals surface area contributed by atoms with Crippen molar-refractivity contribution in [2.45, 2.75) is 33.1 Å². The van der Waals surface area contributed by atoms with E-state index in [0.29, 0.717) is 24.9 Å². The first-order valence-electron chi connectivity index (χ1n) is 6.35. The molecule has 1 rings (SSSR count). The zero-order valence-electron chi connectivity index (χ0n) is 11.1. The highest BCUT2D eigenvalue weighted by atomic mass is 16.5. The van der Waals surface area contributed by atoms with Crippen molar-refractivity contribution in [3.63, 3.8) is 0 Å². The summed E-state index contributed by atoms with van der Waals surface area (Å²) in [5, 5.41) is 0. The molecule has 0 unspecified atom stereocenters. The number of anilines is 1. The van der Waals surface area contributed by atoms with Gasteiger partial charge in [-0.25, -0.2) is 10.8 Å². The number of aromatic nitrogens is 2. The van der Waals surface area contributed by atoms with Crippen LogP contribution >= 0.6 is 0 Å². The number of nitrogens with one attached hydrogen (secondary N) is 1. The van der Waals surface area contributed by atoms with Crippen LogP contribution in [0.15, 0.2) is 6.07 Å². The van der Waals surface area contributed by atoms with Gasteiger partial charge in [-0.05, 0) is 12.8 Å². The van der Waals surface area contributed by atoms with Crippen LogP contribution in [0.3, 0.4) is 0 Å². The van der Waals surface area contributed by atoms with Crippen LogP contribution in [0, 0.1) is 0 Å². The topological polar surface area (TPSA) is 82.3 Å². The van der Waals surface area contributed by atoms with Crippen molar-refractivity contribution in [3.8, 4) is 5.88 Å². The Morgan fingerprint density at radius 3 is 2.67 bits per heavy atom. The average Bonchev–Trinajstić information content (AvgIpc) is 2.38. The number of ether oxygens (including phenoxy) is 2. The van der Waals surface area contributed by atoms with Crippen molar-refractivity contribution < 1.29 is 9.47 Å². The van der Waals surface area contributed by atoms with E-state index in [0.717, 1.165) is 31.7 Å². The number of hydrogen-bond donors (Lipinski definition) is 2. The van der Waals surface area contributed by atoms with Crippen molar-refractivity contribution in [1.29, 1.82) is 0 Å². The summed E-state index contributed by atoms with van der Waals surface area (Å²) in [6.07, 6.45) is 2.79. The van der Waals surface area contributed by atoms with E-state index in [2.05, 4.69) is 29.2 Å². The summed E-state index contributed by atoms with van der Waals surface area (Å²) in [5.74, 6) is 7.19. The van der Waals surface area contributed by atoms with Crippen LogP contribution in [-0.2, 0) is 11.2 Å². The fourth-order valence-corrected chi connectivity index (χ4v) is 1.41. The molecule has 1 aromatic rings. The first kappa shape index (κ1) is 14.7. The van der Waals surface area contributed by atoms with Gasteiger partial charge in [0.15, 0.2) is 0 Å². The Balaban J connectivity index is 2.50. The van der Waals surface area contributed by atoms with Gasteiger partial charge in [0.05, 0.1) is 6.61 Å². The molecule has 0 radical (unpaired) electrons. The molecule has 0 aliphatic rings. The molecule has 1 aromatic heterocycles. The van der Waals surface area contributed by atoms with E-state index in [1.165, 1.54) is 0 Å². The lowest BCUT2D eigenvalue weighted by molar-refractivity contribution is 0.0989. The molecule has 0 saturated heterocycles. The van der Waals surface area contributed by atoms with E-state index in [-0.39, 0.29) is 0 Å². The fourth-order valence-electron chi connectivity index (χ4n) is 1.41. The molecule has 0 bridgehead atoms. The third-order valence-corrected chi connectivity index (χ3v) is 2.20.